The van der Waals surface area contributed by atoms with Crippen molar-refractivity contribution in [2.45, 2.75) is 12.2 Å². The van der Waals surface area contributed by atoms with Gasteiger partial charge in [0.25, 0.3) is 0 Å². The Morgan fingerprint density at radius 1 is 1.50 bits per heavy atom. The molecule has 0 aliphatic rings. The van der Waals surface area contributed by atoms with Crippen molar-refractivity contribution >= 4 is 17.5 Å². The Labute approximate surface area is 106 Å². The molecular formula is C11H8ClF3N2O. The van der Waals surface area contributed by atoms with E-state index in [1.807, 2.05) is 0 Å². The van der Waals surface area contributed by atoms with Crippen molar-refractivity contribution in [3.63, 3.8) is 0 Å². The van der Waals surface area contributed by atoms with E-state index in [1.54, 1.807) is 11.4 Å². The molecule has 1 N–H and O–H groups in total. The molecule has 1 atom stereocenters. The van der Waals surface area contributed by atoms with Crippen LogP contribution in [0.1, 0.15) is 17.2 Å². The van der Waals surface area contributed by atoms with Crippen LogP contribution in [-0.4, -0.2) is 18.0 Å². The third kappa shape index (κ3) is 3.64. The van der Waals surface area contributed by atoms with Crippen molar-refractivity contribution in [3.05, 3.63) is 35.4 Å². The van der Waals surface area contributed by atoms with Gasteiger partial charge in [0.05, 0.1) is 11.6 Å². The SMILES string of the molecule is N#Cc1cccc(C(NC(=O)CCl)C(F)(F)F)c1. The van der Waals surface area contributed by atoms with Gasteiger partial charge in [-0.2, -0.15) is 18.4 Å². The fraction of sp³-hybridized carbons (Fsp3) is 0.273. The number of halogens is 4. The normalized spacial score (nSPS) is 12.6. The Morgan fingerprint density at radius 2 is 2.17 bits per heavy atom. The van der Waals surface area contributed by atoms with Gasteiger partial charge in [-0.05, 0) is 17.7 Å². The van der Waals surface area contributed by atoms with Gasteiger partial charge in [-0.3, -0.25) is 4.79 Å². The van der Waals surface area contributed by atoms with Crippen LogP contribution in [0.3, 0.4) is 0 Å². The Bertz CT molecular complexity index is 482. The molecular weight excluding hydrogens is 269 g/mol. The zero-order valence-electron chi connectivity index (χ0n) is 8.96. The van der Waals surface area contributed by atoms with Crippen LogP contribution in [0.4, 0.5) is 13.2 Å². The number of nitrogens with one attached hydrogen (secondary N) is 1. The van der Waals surface area contributed by atoms with Crippen molar-refractivity contribution < 1.29 is 18.0 Å². The first kappa shape index (κ1) is 14.3. The molecule has 0 saturated heterocycles. The van der Waals surface area contributed by atoms with E-state index in [4.69, 9.17) is 16.9 Å². The van der Waals surface area contributed by atoms with Crippen LogP contribution >= 0.6 is 11.6 Å². The summed E-state index contributed by atoms with van der Waals surface area (Å²) in [6.07, 6.45) is -4.66. The van der Waals surface area contributed by atoms with E-state index < -0.39 is 24.0 Å². The lowest BCUT2D eigenvalue weighted by Gasteiger charge is -2.21. The van der Waals surface area contributed by atoms with E-state index in [-0.39, 0.29) is 11.1 Å². The average Bonchev–Trinajstić information content (AvgIpc) is 2.34. The Hall–Kier alpha value is -1.74. The Kier molecular flexibility index (Phi) is 4.56. The standard InChI is InChI=1S/C11H8ClF3N2O/c12-5-9(18)17-10(11(13,14)15)8-3-1-2-7(4-8)6-16/h1-4,10H,5H2,(H,17,18). The first-order chi connectivity index (χ1) is 8.38. The molecule has 0 radical (unpaired) electrons. The Morgan fingerprint density at radius 3 is 2.67 bits per heavy atom. The van der Waals surface area contributed by atoms with Crippen LogP contribution in [0.2, 0.25) is 0 Å². The van der Waals surface area contributed by atoms with Crippen LogP contribution in [0.15, 0.2) is 24.3 Å². The van der Waals surface area contributed by atoms with Crippen LogP contribution in [0.5, 0.6) is 0 Å². The highest BCUT2D eigenvalue weighted by atomic mass is 35.5. The molecule has 1 aromatic rings. The summed E-state index contributed by atoms with van der Waals surface area (Å²) in [5.74, 6) is -1.49. The van der Waals surface area contributed by atoms with E-state index in [0.717, 1.165) is 6.07 Å². The fourth-order valence-electron chi connectivity index (χ4n) is 1.34. The van der Waals surface area contributed by atoms with Crippen LogP contribution in [-0.2, 0) is 4.79 Å². The minimum absolute atomic E-state index is 0.0851. The molecule has 0 bridgehead atoms. The number of nitriles is 1. The maximum atomic E-state index is 12.8. The highest BCUT2D eigenvalue weighted by molar-refractivity contribution is 6.27. The zero-order valence-corrected chi connectivity index (χ0v) is 9.72. The van der Waals surface area contributed by atoms with Gasteiger partial charge < -0.3 is 5.32 Å². The monoisotopic (exact) mass is 276 g/mol. The summed E-state index contributed by atoms with van der Waals surface area (Å²) in [5, 5.41) is 10.4. The minimum atomic E-state index is -4.66. The maximum Gasteiger partial charge on any atom is 0.412 e. The van der Waals surface area contributed by atoms with Crippen molar-refractivity contribution in [2.75, 3.05) is 5.88 Å². The van der Waals surface area contributed by atoms with Crippen LogP contribution in [0, 0.1) is 11.3 Å². The minimum Gasteiger partial charge on any atom is -0.340 e. The lowest BCUT2D eigenvalue weighted by molar-refractivity contribution is -0.162. The number of carbonyl (C=O) groups is 1. The van der Waals surface area contributed by atoms with Gasteiger partial charge in [-0.1, -0.05) is 12.1 Å². The van der Waals surface area contributed by atoms with E-state index in [9.17, 15) is 18.0 Å². The number of amides is 1. The number of benzene rings is 1. The van der Waals surface area contributed by atoms with Crippen molar-refractivity contribution in [1.82, 2.24) is 5.32 Å². The van der Waals surface area contributed by atoms with Crippen molar-refractivity contribution in [1.29, 1.82) is 5.26 Å². The first-order valence-corrected chi connectivity index (χ1v) is 5.34. The molecule has 0 fully saturated rings. The molecule has 0 aliphatic carbocycles. The predicted octanol–water partition coefficient (Wildman–Crippen LogP) is 2.52. The molecule has 0 heterocycles. The lowest BCUT2D eigenvalue weighted by atomic mass is 10.0. The molecule has 18 heavy (non-hydrogen) atoms. The molecule has 1 amide bonds. The van der Waals surface area contributed by atoms with E-state index >= 15 is 0 Å². The summed E-state index contributed by atoms with van der Waals surface area (Å²) < 4.78 is 38.4. The highest BCUT2D eigenvalue weighted by Gasteiger charge is 2.41. The second kappa shape index (κ2) is 5.74. The molecule has 0 aliphatic heterocycles. The highest BCUT2D eigenvalue weighted by Crippen LogP contribution is 2.32. The number of rotatable bonds is 3. The number of nitrogens with zero attached hydrogens (tertiary/aromatic N) is 1. The molecule has 0 spiro atoms. The average molecular weight is 277 g/mol. The third-order valence-corrected chi connectivity index (χ3v) is 2.35. The summed E-state index contributed by atoms with van der Waals surface area (Å²) >= 11 is 5.16. The number of carbonyl (C=O) groups excluding carboxylic acids is 1. The van der Waals surface area contributed by atoms with Gasteiger partial charge >= 0.3 is 6.18 Å². The number of hydrogen-bond acceptors (Lipinski definition) is 2. The van der Waals surface area contributed by atoms with E-state index in [0.29, 0.717) is 0 Å². The third-order valence-electron chi connectivity index (χ3n) is 2.10. The molecule has 7 heteroatoms. The van der Waals surface area contributed by atoms with Gasteiger partial charge in [0, 0.05) is 0 Å². The summed E-state index contributed by atoms with van der Waals surface area (Å²) in [4.78, 5) is 11.0. The smallest absolute Gasteiger partial charge is 0.340 e. The van der Waals surface area contributed by atoms with Crippen LogP contribution < -0.4 is 5.32 Å². The fourth-order valence-corrected chi connectivity index (χ4v) is 1.42. The largest absolute Gasteiger partial charge is 0.412 e. The van der Waals surface area contributed by atoms with Gasteiger partial charge in [0.1, 0.15) is 5.88 Å². The summed E-state index contributed by atoms with van der Waals surface area (Å²) in [6.45, 7) is 0. The summed E-state index contributed by atoms with van der Waals surface area (Å²) in [7, 11) is 0. The molecule has 96 valence electrons. The number of alkyl halides is 4. The van der Waals surface area contributed by atoms with E-state index in [2.05, 4.69) is 0 Å². The topological polar surface area (TPSA) is 52.9 Å². The number of hydrogen-bond donors (Lipinski definition) is 1. The zero-order chi connectivity index (χ0) is 13.8. The molecule has 1 unspecified atom stereocenters. The second-order valence-electron chi connectivity index (χ2n) is 3.41. The second-order valence-corrected chi connectivity index (χ2v) is 3.68. The van der Waals surface area contributed by atoms with Gasteiger partial charge in [-0.15, -0.1) is 11.6 Å². The Balaban J connectivity index is 3.10. The first-order valence-electron chi connectivity index (χ1n) is 4.80. The predicted molar refractivity (Wildman–Crippen MR) is 58.8 cm³/mol. The molecule has 3 nitrogen and oxygen atoms in total. The summed E-state index contributed by atoms with van der Waals surface area (Å²) in [6, 6.07) is 4.52. The molecule has 1 aromatic carbocycles. The molecule has 1 rings (SSSR count). The van der Waals surface area contributed by atoms with Gasteiger partial charge in [0.2, 0.25) is 5.91 Å². The van der Waals surface area contributed by atoms with Crippen molar-refractivity contribution in [2.24, 2.45) is 0 Å². The van der Waals surface area contributed by atoms with E-state index in [1.165, 1.54) is 18.2 Å². The molecule has 0 saturated carbocycles. The van der Waals surface area contributed by atoms with Crippen molar-refractivity contribution in [3.8, 4) is 6.07 Å². The van der Waals surface area contributed by atoms with Gasteiger partial charge in [0.15, 0.2) is 6.04 Å². The maximum absolute atomic E-state index is 12.8. The molecule has 0 aromatic heterocycles. The van der Waals surface area contributed by atoms with Gasteiger partial charge in [-0.25, -0.2) is 0 Å². The summed E-state index contributed by atoms with van der Waals surface area (Å²) in [5.41, 5.74) is -0.123. The quantitative estimate of drug-likeness (QED) is 0.863. The lowest BCUT2D eigenvalue weighted by Crippen LogP contribution is -2.38. The van der Waals surface area contributed by atoms with Crippen LogP contribution in [0.25, 0.3) is 0 Å².